The first-order valence-electron chi connectivity index (χ1n) is 6.84. The van der Waals surface area contributed by atoms with E-state index in [4.69, 9.17) is 9.84 Å². The van der Waals surface area contributed by atoms with Crippen LogP contribution in [0.1, 0.15) is 48.0 Å². The van der Waals surface area contributed by atoms with E-state index in [1.54, 1.807) is 12.1 Å². The van der Waals surface area contributed by atoms with E-state index in [-0.39, 0.29) is 0 Å². The second kappa shape index (κ2) is 7.10. The lowest BCUT2D eigenvalue weighted by molar-refractivity contribution is 0.0283. The Labute approximate surface area is 113 Å². The molecular weight excluding hydrogens is 240 g/mol. The summed E-state index contributed by atoms with van der Waals surface area (Å²) in [5.74, 6) is -0.890. The van der Waals surface area contributed by atoms with E-state index in [9.17, 15) is 4.79 Å². The monoisotopic (exact) mass is 260 g/mol. The molecule has 2 rings (SSSR count). The summed E-state index contributed by atoms with van der Waals surface area (Å²) in [7, 11) is 0. The molecule has 0 bridgehead atoms. The topological polar surface area (TPSA) is 46.5 Å². The van der Waals surface area contributed by atoms with Crippen molar-refractivity contribution in [2.45, 2.75) is 44.8 Å². The molecule has 1 aromatic rings. The van der Waals surface area contributed by atoms with E-state index in [0.29, 0.717) is 18.3 Å². The van der Waals surface area contributed by atoms with Gasteiger partial charge in [0.25, 0.3) is 0 Å². The van der Waals surface area contributed by atoms with E-state index in [0.717, 1.165) is 31.2 Å². The molecule has 0 heterocycles. The Morgan fingerprint density at radius 2 is 1.89 bits per heavy atom. The van der Waals surface area contributed by atoms with Crippen molar-refractivity contribution in [2.75, 3.05) is 0 Å². The van der Waals surface area contributed by atoms with Gasteiger partial charge in [0.15, 0.2) is 0 Å². The van der Waals surface area contributed by atoms with E-state index in [2.05, 4.69) is 12.2 Å². The summed E-state index contributed by atoms with van der Waals surface area (Å²) in [4.78, 5) is 10.8. The summed E-state index contributed by atoms with van der Waals surface area (Å²) in [6.07, 6.45) is 10.4. The van der Waals surface area contributed by atoms with E-state index >= 15 is 0 Å². The Balaban J connectivity index is 1.83. The molecular formula is C16H20O3. The summed E-state index contributed by atoms with van der Waals surface area (Å²) < 4.78 is 5.92. The minimum Gasteiger partial charge on any atom is -0.478 e. The van der Waals surface area contributed by atoms with Gasteiger partial charge in [-0.2, -0.15) is 0 Å². The fraction of sp³-hybridized carbons (Fsp3) is 0.438. The summed E-state index contributed by atoms with van der Waals surface area (Å²) >= 11 is 0. The molecule has 0 saturated heterocycles. The molecule has 1 aromatic carbocycles. The van der Waals surface area contributed by atoms with Crippen LogP contribution < -0.4 is 0 Å². The first-order chi connectivity index (χ1) is 9.25. The molecule has 0 fully saturated rings. The Morgan fingerprint density at radius 1 is 1.16 bits per heavy atom. The van der Waals surface area contributed by atoms with Gasteiger partial charge >= 0.3 is 5.97 Å². The van der Waals surface area contributed by atoms with Crippen molar-refractivity contribution in [3.8, 4) is 0 Å². The number of rotatable bonds is 4. The van der Waals surface area contributed by atoms with Gasteiger partial charge in [-0.25, -0.2) is 4.79 Å². The van der Waals surface area contributed by atoms with Gasteiger partial charge in [0.05, 0.1) is 18.3 Å². The third-order valence-electron chi connectivity index (χ3n) is 3.41. The van der Waals surface area contributed by atoms with Crippen LogP contribution in [0.4, 0.5) is 0 Å². The Kier molecular flexibility index (Phi) is 5.16. The second-order valence-corrected chi connectivity index (χ2v) is 4.91. The van der Waals surface area contributed by atoms with Crippen LogP contribution >= 0.6 is 0 Å². The number of carboxylic acids is 1. The van der Waals surface area contributed by atoms with Crippen LogP contribution in [0.2, 0.25) is 0 Å². The van der Waals surface area contributed by atoms with Crippen molar-refractivity contribution in [1.82, 2.24) is 0 Å². The van der Waals surface area contributed by atoms with Gasteiger partial charge in [-0.3, -0.25) is 0 Å². The third kappa shape index (κ3) is 4.52. The zero-order chi connectivity index (χ0) is 13.5. The molecule has 1 unspecified atom stereocenters. The minimum absolute atomic E-state index is 0.319. The summed E-state index contributed by atoms with van der Waals surface area (Å²) in [5.41, 5.74) is 1.35. The summed E-state index contributed by atoms with van der Waals surface area (Å²) in [6, 6.07) is 6.91. The molecule has 19 heavy (non-hydrogen) atoms. The van der Waals surface area contributed by atoms with Crippen molar-refractivity contribution >= 4 is 5.97 Å². The number of aromatic carboxylic acids is 1. The van der Waals surface area contributed by atoms with Crippen LogP contribution in [0.3, 0.4) is 0 Å². The van der Waals surface area contributed by atoms with Gasteiger partial charge in [0, 0.05) is 0 Å². The SMILES string of the molecule is O=C(O)c1ccc(COC2CC/C=C\CCC2)cc1. The molecule has 1 aliphatic rings. The van der Waals surface area contributed by atoms with Gasteiger partial charge in [0.2, 0.25) is 0 Å². The number of carbonyl (C=O) groups is 1. The minimum atomic E-state index is -0.890. The third-order valence-corrected chi connectivity index (χ3v) is 3.41. The van der Waals surface area contributed by atoms with Crippen molar-refractivity contribution < 1.29 is 14.6 Å². The number of allylic oxidation sites excluding steroid dienone is 2. The van der Waals surface area contributed by atoms with Gasteiger partial charge < -0.3 is 9.84 Å². The fourth-order valence-corrected chi connectivity index (χ4v) is 2.25. The fourth-order valence-electron chi connectivity index (χ4n) is 2.25. The quantitative estimate of drug-likeness (QED) is 0.838. The van der Waals surface area contributed by atoms with Gasteiger partial charge in [-0.15, -0.1) is 0 Å². The molecule has 1 aliphatic carbocycles. The van der Waals surface area contributed by atoms with Crippen molar-refractivity contribution in [1.29, 1.82) is 0 Å². The average Bonchev–Trinajstić information content (AvgIpc) is 2.38. The molecule has 1 N–H and O–H groups in total. The lowest BCUT2D eigenvalue weighted by atomic mass is 10.0. The van der Waals surface area contributed by atoms with E-state index in [1.165, 1.54) is 6.42 Å². The normalized spacial score (nSPS) is 21.4. The highest BCUT2D eigenvalue weighted by Gasteiger charge is 2.10. The van der Waals surface area contributed by atoms with Crippen molar-refractivity contribution in [3.05, 3.63) is 47.5 Å². The summed E-state index contributed by atoms with van der Waals surface area (Å²) in [6.45, 7) is 0.564. The maximum atomic E-state index is 10.8. The molecule has 0 radical (unpaired) electrons. The number of ether oxygens (including phenoxy) is 1. The Hall–Kier alpha value is -1.61. The molecule has 102 valence electrons. The maximum Gasteiger partial charge on any atom is 0.335 e. The van der Waals surface area contributed by atoms with Crippen LogP contribution in [-0.4, -0.2) is 17.2 Å². The molecule has 1 atom stereocenters. The van der Waals surface area contributed by atoms with Crippen molar-refractivity contribution in [2.24, 2.45) is 0 Å². The number of benzene rings is 1. The first-order valence-corrected chi connectivity index (χ1v) is 6.84. The van der Waals surface area contributed by atoms with Crippen molar-refractivity contribution in [3.63, 3.8) is 0 Å². The van der Waals surface area contributed by atoms with Crippen LogP contribution in [-0.2, 0) is 11.3 Å². The highest BCUT2D eigenvalue weighted by atomic mass is 16.5. The maximum absolute atomic E-state index is 10.8. The van der Waals surface area contributed by atoms with Crippen LogP contribution in [0.5, 0.6) is 0 Å². The molecule has 0 aliphatic heterocycles. The van der Waals surface area contributed by atoms with E-state index in [1.807, 2.05) is 12.1 Å². The molecule has 3 nitrogen and oxygen atoms in total. The highest BCUT2D eigenvalue weighted by Crippen LogP contribution is 2.17. The average molecular weight is 260 g/mol. The van der Waals surface area contributed by atoms with Gasteiger partial charge in [-0.05, 0) is 49.8 Å². The van der Waals surface area contributed by atoms with E-state index < -0.39 is 5.97 Å². The zero-order valence-corrected chi connectivity index (χ0v) is 11.0. The Bertz CT molecular complexity index is 434. The standard InChI is InChI=1S/C16H20O3/c17-16(18)14-10-8-13(9-11-14)12-19-15-6-4-2-1-3-5-7-15/h1-2,8-11,15H,3-7,12H2,(H,17,18)/b2-1-. The second-order valence-electron chi connectivity index (χ2n) is 4.91. The number of hydrogen-bond donors (Lipinski definition) is 1. The van der Waals surface area contributed by atoms with Crippen LogP contribution in [0.15, 0.2) is 36.4 Å². The summed E-state index contributed by atoms with van der Waals surface area (Å²) in [5, 5.41) is 8.83. The molecule has 0 saturated carbocycles. The molecule has 0 spiro atoms. The predicted molar refractivity (Wildman–Crippen MR) is 74.2 cm³/mol. The number of carboxylic acid groups (broad SMARTS) is 1. The molecule has 0 amide bonds. The predicted octanol–water partition coefficient (Wildman–Crippen LogP) is 3.79. The first kappa shape index (κ1) is 13.8. The molecule has 0 aromatic heterocycles. The Morgan fingerprint density at radius 3 is 2.63 bits per heavy atom. The van der Waals surface area contributed by atoms with Crippen LogP contribution in [0, 0.1) is 0 Å². The lowest BCUT2D eigenvalue weighted by Crippen LogP contribution is -2.13. The van der Waals surface area contributed by atoms with Gasteiger partial charge in [-0.1, -0.05) is 24.3 Å². The van der Waals surface area contributed by atoms with Crippen LogP contribution in [0.25, 0.3) is 0 Å². The van der Waals surface area contributed by atoms with Gasteiger partial charge in [0.1, 0.15) is 0 Å². The zero-order valence-electron chi connectivity index (χ0n) is 11.0. The lowest BCUT2D eigenvalue weighted by Gasteiger charge is -2.18. The molecule has 3 heteroatoms. The smallest absolute Gasteiger partial charge is 0.335 e. The largest absolute Gasteiger partial charge is 0.478 e. The number of hydrogen-bond acceptors (Lipinski definition) is 2. The highest BCUT2D eigenvalue weighted by molar-refractivity contribution is 5.87.